The third-order valence-corrected chi connectivity index (χ3v) is 4.22. The van der Waals surface area contributed by atoms with Crippen molar-refractivity contribution >= 4 is 11.8 Å². The van der Waals surface area contributed by atoms with Gasteiger partial charge in [-0.05, 0) is 13.8 Å². The van der Waals surface area contributed by atoms with Gasteiger partial charge < -0.3 is 9.80 Å². The molecule has 0 unspecified atom stereocenters. The van der Waals surface area contributed by atoms with E-state index in [0.717, 1.165) is 11.4 Å². The van der Waals surface area contributed by atoms with E-state index in [1.165, 1.54) is 0 Å². The van der Waals surface area contributed by atoms with Crippen molar-refractivity contribution in [2.75, 3.05) is 26.2 Å². The Balaban J connectivity index is 2.06. The van der Waals surface area contributed by atoms with Gasteiger partial charge in [0.05, 0.1) is 11.3 Å². The predicted molar refractivity (Wildman–Crippen MR) is 84.6 cm³/mol. The normalized spacial score (nSPS) is 16.1. The fourth-order valence-corrected chi connectivity index (χ4v) is 2.83. The van der Waals surface area contributed by atoms with E-state index in [1.807, 2.05) is 51.5 Å². The summed E-state index contributed by atoms with van der Waals surface area (Å²) >= 11 is 0. The quantitative estimate of drug-likeness (QED) is 0.787. The van der Waals surface area contributed by atoms with Crippen LogP contribution in [0.3, 0.4) is 0 Å². The number of amides is 2. The monoisotopic (exact) mass is 306 g/mol. The van der Waals surface area contributed by atoms with Gasteiger partial charge >= 0.3 is 0 Å². The van der Waals surface area contributed by atoms with Gasteiger partial charge in [0.1, 0.15) is 0 Å². The molecule has 1 saturated heterocycles. The van der Waals surface area contributed by atoms with E-state index in [-0.39, 0.29) is 17.2 Å². The highest BCUT2D eigenvalue weighted by molar-refractivity contribution is 5.96. The second-order valence-corrected chi connectivity index (χ2v) is 7.00. The van der Waals surface area contributed by atoms with Gasteiger partial charge in [0.2, 0.25) is 5.91 Å². The Morgan fingerprint density at radius 1 is 1.00 bits per heavy atom. The first-order valence-electron chi connectivity index (χ1n) is 7.71. The molecule has 0 spiro atoms. The zero-order chi connectivity index (χ0) is 16.7. The van der Waals surface area contributed by atoms with Crippen LogP contribution < -0.4 is 0 Å². The van der Waals surface area contributed by atoms with E-state index in [0.29, 0.717) is 31.7 Å². The van der Waals surface area contributed by atoms with Crippen LogP contribution in [0.5, 0.6) is 0 Å². The zero-order valence-electron chi connectivity index (χ0n) is 14.4. The Hall–Kier alpha value is -1.85. The number of piperazine rings is 1. The lowest BCUT2D eigenvalue weighted by molar-refractivity contribution is -0.140. The second kappa shape index (κ2) is 5.74. The molecule has 1 aromatic rings. The van der Waals surface area contributed by atoms with E-state index in [2.05, 4.69) is 5.10 Å². The molecule has 0 atom stereocenters. The smallest absolute Gasteiger partial charge is 0.257 e. The van der Waals surface area contributed by atoms with Crippen molar-refractivity contribution in [3.05, 3.63) is 17.0 Å². The maximum atomic E-state index is 12.7. The number of rotatable bonds is 1. The molecular formula is C16H26N4O2. The molecule has 1 aliphatic rings. The lowest BCUT2D eigenvalue weighted by Gasteiger charge is -2.37. The molecule has 2 amide bonds. The number of hydrogen-bond acceptors (Lipinski definition) is 3. The average molecular weight is 306 g/mol. The van der Waals surface area contributed by atoms with Crippen LogP contribution in [0.1, 0.15) is 42.5 Å². The lowest BCUT2D eigenvalue weighted by atomic mass is 9.94. The van der Waals surface area contributed by atoms with Gasteiger partial charge in [0, 0.05) is 44.3 Å². The van der Waals surface area contributed by atoms with Gasteiger partial charge in [-0.25, -0.2) is 0 Å². The summed E-state index contributed by atoms with van der Waals surface area (Å²) < 4.78 is 1.74. The summed E-state index contributed by atoms with van der Waals surface area (Å²) in [5.74, 6) is 0.166. The molecule has 0 saturated carbocycles. The Labute approximate surface area is 132 Å². The second-order valence-electron chi connectivity index (χ2n) is 7.00. The van der Waals surface area contributed by atoms with Crippen LogP contribution in [0.15, 0.2) is 0 Å². The fraction of sp³-hybridized carbons (Fsp3) is 0.688. The van der Waals surface area contributed by atoms with E-state index >= 15 is 0 Å². The van der Waals surface area contributed by atoms with Gasteiger partial charge in [-0.2, -0.15) is 5.10 Å². The minimum Gasteiger partial charge on any atom is -0.339 e. The van der Waals surface area contributed by atoms with Crippen molar-refractivity contribution in [1.82, 2.24) is 19.6 Å². The van der Waals surface area contributed by atoms with Crippen LogP contribution in [-0.2, 0) is 11.8 Å². The molecule has 1 fully saturated rings. The van der Waals surface area contributed by atoms with Crippen LogP contribution in [-0.4, -0.2) is 57.6 Å². The van der Waals surface area contributed by atoms with Gasteiger partial charge in [-0.15, -0.1) is 0 Å². The molecule has 0 aromatic carbocycles. The summed E-state index contributed by atoms with van der Waals surface area (Å²) in [6.45, 7) is 11.9. The first-order valence-corrected chi connectivity index (χ1v) is 7.71. The third-order valence-electron chi connectivity index (χ3n) is 4.22. The SMILES string of the molecule is Cc1nn(C)c(C)c1C(=O)N1CCN(C(=O)C(C)(C)C)CC1. The third kappa shape index (κ3) is 3.00. The topological polar surface area (TPSA) is 58.4 Å². The number of hydrogen-bond donors (Lipinski definition) is 0. The Kier molecular flexibility index (Phi) is 4.31. The van der Waals surface area contributed by atoms with Crippen LogP contribution in [0.2, 0.25) is 0 Å². The predicted octanol–water partition coefficient (Wildman–Crippen LogP) is 1.37. The molecule has 6 heteroatoms. The van der Waals surface area contributed by atoms with Crippen molar-refractivity contribution in [3.63, 3.8) is 0 Å². The molecule has 2 heterocycles. The van der Waals surface area contributed by atoms with E-state index in [4.69, 9.17) is 0 Å². The van der Waals surface area contributed by atoms with Crippen molar-refractivity contribution in [3.8, 4) is 0 Å². The molecule has 1 aromatic heterocycles. The van der Waals surface area contributed by atoms with Crippen molar-refractivity contribution in [2.24, 2.45) is 12.5 Å². The lowest BCUT2D eigenvalue weighted by Crippen LogP contribution is -2.53. The van der Waals surface area contributed by atoms with Crippen molar-refractivity contribution in [2.45, 2.75) is 34.6 Å². The van der Waals surface area contributed by atoms with Gasteiger partial charge in [-0.1, -0.05) is 20.8 Å². The minimum absolute atomic E-state index is 0.0194. The van der Waals surface area contributed by atoms with Crippen LogP contribution in [0, 0.1) is 19.3 Å². The Morgan fingerprint density at radius 2 is 1.50 bits per heavy atom. The summed E-state index contributed by atoms with van der Waals surface area (Å²) in [7, 11) is 1.85. The molecule has 0 aliphatic carbocycles. The molecule has 22 heavy (non-hydrogen) atoms. The van der Waals surface area contributed by atoms with Crippen molar-refractivity contribution in [1.29, 1.82) is 0 Å². The number of nitrogens with zero attached hydrogens (tertiary/aromatic N) is 4. The first kappa shape index (κ1) is 16.5. The maximum absolute atomic E-state index is 12.7. The van der Waals surface area contributed by atoms with E-state index in [1.54, 1.807) is 4.68 Å². The van der Waals surface area contributed by atoms with Gasteiger partial charge in [0.25, 0.3) is 5.91 Å². The number of aryl methyl sites for hydroxylation is 2. The molecule has 0 N–H and O–H groups in total. The van der Waals surface area contributed by atoms with Crippen molar-refractivity contribution < 1.29 is 9.59 Å². The summed E-state index contributed by atoms with van der Waals surface area (Å²) in [6, 6.07) is 0. The molecule has 2 rings (SSSR count). The summed E-state index contributed by atoms with van der Waals surface area (Å²) in [5, 5.41) is 4.31. The van der Waals surface area contributed by atoms with Crippen LogP contribution in [0.25, 0.3) is 0 Å². The molecule has 0 bridgehead atoms. The Bertz CT molecular complexity index is 590. The Morgan fingerprint density at radius 3 is 1.91 bits per heavy atom. The number of aromatic nitrogens is 2. The highest BCUT2D eigenvalue weighted by atomic mass is 16.2. The average Bonchev–Trinajstić information content (AvgIpc) is 2.70. The summed E-state index contributed by atoms with van der Waals surface area (Å²) in [4.78, 5) is 28.7. The number of carbonyl (C=O) groups excluding carboxylic acids is 2. The largest absolute Gasteiger partial charge is 0.339 e. The molecule has 6 nitrogen and oxygen atoms in total. The molecule has 1 aliphatic heterocycles. The molecule has 0 radical (unpaired) electrons. The van der Waals surface area contributed by atoms with Gasteiger partial charge in [-0.3, -0.25) is 14.3 Å². The molecular weight excluding hydrogens is 280 g/mol. The fourth-order valence-electron chi connectivity index (χ4n) is 2.83. The van der Waals surface area contributed by atoms with Crippen LogP contribution in [0.4, 0.5) is 0 Å². The highest BCUT2D eigenvalue weighted by Crippen LogP contribution is 2.20. The minimum atomic E-state index is -0.372. The maximum Gasteiger partial charge on any atom is 0.257 e. The summed E-state index contributed by atoms with van der Waals surface area (Å²) in [5.41, 5.74) is 1.97. The number of carbonyl (C=O) groups is 2. The van der Waals surface area contributed by atoms with E-state index < -0.39 is 0 Å². The first-order chi connectivity index (χ1) is 10.1. The standard InChI is InChI=1S/C16H26N4O2/c1-11-13(12(2)18(6)17-11)14(21)19-7-9-20(10-8-19)15(22)16(3,4)5/h7-10H2,1-6H3. The van der Waals surface area contributed by atoms with E-state index in [9.17, 15) is 9.59 Å². The highest BCUT2D eigenvalue weighted by Gasteiger charge is 2.32. The van der Waals surface area contributed by atoms with Gasteiger partial charge in [0.15, 0.2) is 0 Å². The summed E-state index contributed by atoms with van der Waals surface area (Å²) in [6.07, 6.45) is 0. The molecule has 122 valence electrons. The zero-order valence-corrected chi connectivity index (χ0v) is 14.4. The van der Waals surface area contributed by atoms with Crippen LogP contribution >= 0.6 is 0 Å².